The number of benzene rings is 7. The lowest BCUT2D eigenvalue weighted by Crippen LogP contribution is -2.52. The zero-order chi connectivity index (χ0) is 39.7. The van der Waals surface area contributed by atoms with Crippen molar-refractivity contribution in [2.75, 3.05) is 23.4 Å². The molecule has 5 unspecified atom stereocenters. The lowest BCUT2D eigenvalue weighted by molar-refractivity contribution is 0.535. The second-order valence-corrected chi connectivity index (χ2v) is 16.3. The second-order valence-electron chi connectivity index (χ2n) is 16.3. The lowest BCUT2D eigenvalue weighted by atomic mass is 9.94. The van der Waals surface area contributed by atoms with Gasteiger partial charge in [-0.3, -0.25) is 4.90 Å². The normalized spacial score (nSPS) is 22.1. The number of aliphatic imine (C=N–C) groups is 2. The Kier molecular flexibility index (Phi) is 8.10. The first-order valence-electron chi connectivity index (χ1n) is 20.9. The summed E-state index contributed by atoms with van der Waals surface area (Å²) >= 11 is 0. The highest BCUT2D eigenvalue weighted by Gasteiger charge is 2.50. The molecule has 0 radical (unpaired) electrons. The van der Waals surface area contributed by atoms with Crippen LogP contribution in [0, 0.1) is 0 Å². The van der Waals surface area contributed by atoms with Gasteiger partial charge in [0.25, 0.3) is 0 Å². The van der Waals surface area contributed by atoms with Gasteiger partial charge in [0, 0.05) is 48.4 Å². The predicted molar refractivity (Wildman–Crippen MR) is 246 cm³/mol. The molecule has 7 nitrogen and oxygen atoms in total. The van der Waals surface area contributed by atoms with Gasteiger partial charge in [-0.05, 0) is 68.7 Å². The molecule has 0 aromatic heterocycles. The van der Waals surface area contributed by atoms with Gasteiger partial charge in [0.05, 0.1) is 17.4 Å². The topological polar surface area (TPSA) is 58.3 Å². The SMILES string of the molecule is CN1c2c3c(c4ccccc4c2N(c2ccc(-c4ccc(C5N=C(c6ccccc6)N=C(c6ccc(-c7ccccc7)cc6)N5)cc4)cc2)C1C1C=CC=CN1)C1CN1C3. The van der Waals surface area contributed by atoms with E-state index in [4.69, 9.17) is 9.98 Å². The zero-order valence-corrected chi connectivity index (χ0v) is 33.3. The fourth-order valence-corrected chi connectivity index (χ4v) is 9.85. The summed E-state index contributed by atoms with van der Waals surface area (Å²) in [6.07, 6.45) is 8.38. The standard InChI is InChI=1S/C53H43N7/c1-58-48-44-32-59-33-46(59)47(44)42-16-8-9-17-43(42)49(48)60(53(58)45-18-10-11-31-54-45)41-29-27-37(28-30-41)36-21-25-40(26-22-36)52-56-50(38-14-6-3-7-15-38)55-51(57-52)39-23-19-35(20-24-39)34-12-4-2-5-13-34/h2-31,45-46,52-54H,32-33H2,1H3,(H,55,56,57). The van der Waals surface area contributed by atoms with Crippen LogP contribution in [0.15, 0.2) is 192 Å². The second kappa shape index (κ2) is 14.0. The monoisotopic (exact) mass is 777 g/mol. The molecule has 0 bridgehead atoms. The molecule has 60 heavy (non-hydrogen) atoms. The zero-order valence-electron chi connectivity index (χ0n) is 33.3. The maximum Gasteiger partial charge on any atom is 0.159 e. The van der Waals surface area contributed by atoms with Crippen molar-refractivity contribution in [1.82, 2.24) is 15.5 Å². The van der Waals surface area contributed by atoms with Crippen molar-refractivity contribution < 1.29 is 0 Å². The maximum absolute atomic E-state index is 5.13. The van der Waals surface area contributed by atoms with Crippen molar-refractivity contribution in [1.29, 1.82) is 0 Å². The van der Waals surface area contributed by atoms with E-state index in [2.05, 4.69) is 190 Å². The van der Waals surface area contributed by atoms with Gasteiger partial charge in [0.2, 0.25) is 0 Å². The minimum Gasteiger partial charge on any atom is -0.381 e. The minimum absolute atomic E-state index is 0.0627. The number of allylic oxidation sites excluding steroid dienone is 2. The quantitative estimate of drug-likeness (QED) is 0.158. The first-order valence-corrected chi connectivity index (χ1v) is 20.9. The summed E-state index contributed by atoms with van der Waals surface area (Å²) in [6.45, 7) is 2.19. The van der Waals surface area contributed by atoms with Crippen LogP contribution >= 0.6 is 0 Å². The van der Waals surface area contributed by atoms with E-state index in [-0.39, 0.29) is 18.4 Å². The number of nitrogens with zero attached hydrogens (tertiary/aromatic N) is 5. The maximum atomic E-state index is 5.13. The van der Waals surface area contributed by atoms with Crippen LogP contribution in [-0.2, 0) is 6.54 Å². The summed E-state index contributed by atoms with van der Waals surface area (Å²) in [5.74, 6) is 1.53. The van der Waals surface area contributed by atoms with E-state index in [0.29, 0.717) is 6.04 Å². The van der Waals surface area contributed by atoms with Crippen LogP contribution in [-0.4, -0.2) is 42.4 Å². The smallest absolute Gasteiger partial charge is 0.159 e. The third-order valence-corrected chi connectivity index (χ3v) is 12.9. The van der Waals surface area contributed by atoms with Gasteiger partial charge in [0.1, 0.15) is 18.2 Å². The van der Waals surface area contributed by atoms with Crippen molar-refractivity contribution in [3.05, 3.63) is 210 Å². The number of likely N-dealkylation sites (N-methyl/N-ethyl adjacent to an activating group) is 1. The van der Waals surface area contributed by atoms with Gasteiger partial charge in [-0.2, -0.15) is 0 Å². The van der Waals surface area contributed by atoms with Crippen LogP contribution in [0.25, 0.3) is 33.0 Å². The summed E-state index contributed by atoms with van der Waals surface area (Å²) in [4.78, 5) is 17.9. The number of hydrogen-bond acceptors (Lipinski definition) is 7. The van der Waals surface area contributed by atoms with Crippen LogP contribution < -0.4 is 20.4 Å². The van der Waals surface area contributed by atoms with Crippen LogP contribution in [0.4, 0.5) is 17.1 Å². The summed E-state index contributed by atoms with van der Waals surface area (Å²) in [5, 5.41) is 10.1. The molecule has 5 aliphatic heterocycles. The number of fused-ring (bicyclic) bond motifs is 8. The van der Waals surface area contributed by atoms with E-state index >= 15 is 0 Å². The number of rotatable bonds is 7. The molecule has 7 aromatic carbocycles. The molecule has 0 spiro atoms. The van der Waals surface area contributed by atoms with Gasteiger partial charge >= 0.3 is 0 Å². The molecule has 0 amide bonds. The van der Waals surface area contributed by atoms with E-state index in [1.807, 2.05) is 24.3 Å². The van der Waals surface area contributed by atoms with Crippen molar-refractivity contribution in [2.45, 2.75) is 31.0 Å². The fourth-order valence-electron chi connectivity index (χ4n) is 9.85. The van der Waals surface area contributed by atoms with E-state index in [1.54, 1.807) is 0 Å². The molecule has 7 heteroatoms. The molecule has 290 valence electrons. The van der Waals surface area contributed by atoms with Gasteiger partial charge in [-0.25, -0.2) is 9.98 Å². The highest BCUT2D eigenvalue weighted by molar-refractivity contribution is 6.13. The van der Waals surface area contributed by atoms with Crippen molar-refractivity contribution >= 4 is 39.5 Å². The molecule has 1 fully saturated rings. The number of anilines is 3. The van der Waals surface area contributed by atoms with E-state index in [9.17, 15) is 0 Å². The molecule has 2 N–H and O–H groups in total. The lowest BCUT2D eigenvalue weighted by Gasteiger charge is -2.36. The Labute approximate surface area is 350 Å². The highest BCUT2D eigenvalue weighted by atomic mass is 15.4. The number of dihydropyridines is 1. The first kappa shape index (κ1) is 34.8. The number of nitrogens with one attached hydrogen (secondary N) is 2. The average molecular weight is 778 g/mol. The van der Waals surface area contributed by atoms with Crippen LogP contribution in [0.3, 0.4) is 0 Å². The van der Waals surface area contributed by atoms with Gasteiger partial charge in [0.15, 0.2) is 5.84 Å². The fraction of sp³-hybridized carbons (Fsp3) is 0.132. The number of hydrogen-bond donors (Lipinski definition) is 2. The third kappa shape index (κ3) is 5.76. The highest BCUT2D eigenvalue weighted by Crippen LogP contribution is 2.59. The summed E-state index contributed by atoms with van der Waals surface area (Å²) in [5.41, 5.74) is 14.7. The van der Waals surface area contributed by atoms with Gasteiger partial charge in [-0.1, -0.05) is 158 Å². The van der Waals surface area contributed by atoms with E-state index in [1.165, 1.54) is 62.2 Å². The summed E-state index contributed by atoms with van der Waals surface area (Å²) < 4.78 is 0. The summed E-state index contributed by atoms with van der Waals surface area (Å²) in [6, 6.07) is 57.0. The van der Waals surface area contributed by atoms with Crippen LogP contribution in [0.1, 0.15) is 40.0 Å². The molecular formula is C53H43N7. The molecule has 0 aliphatic carbocycles. The van der Waals surface area contributed by atoms with E-state index in [0.717, 1.165) is 40.5 Å². The average Bonchev–Trinajstić information content (AvgIpc) is 3.88. The Morgan fingerprint density at radius 1 is 0.600 bits per heavy atom. The Balaban J connectivity index is 0.861. The Morgan fingerprint density at radius 2 is 1.22 bits per heavy atom. The molecule has 5 atom stereocenters. The molecule has 0 saturated carbocycles. The van der Waals surface area contributed by atoms with Crippen molar-refractivity contribution in [3.8, 4) is 22.3 Å². The largest absolute Gasteiger partial charge is 0.381 e. The first-order chi connectivity index (χ1) is 29.7. The van der Waals surface area contributed by atoms with E-state index < -0.39 is 0 Å². The Morgan fingerprint density at radius 3 is 1.92 bits per heavy atom. The van der Waals surface area contributed by atoms with Crippen LogP contribution in [0.5, 0.6) is 0 Å². The third-order valence-electron chi connectivity index (χ3n) is 12.9. The van der Waals surface area contributed by atoms with Crippen molar-refractivity contribution in [3.63, 3.8) is 0 Å². The van der Waals surface area contributed by atoms with Crippen LogP contribution in [0.2, 0.25) is 0 Å². The van der Waals surface area contributed by atoms with Crippen molar-refractivity contribution in [2.24, 2.45) is 9.98 Å². The molecule has 1 saturated heterocycles. The molecule has 5 aliphatic rings. The molecular weight excluding hydrogens is 735 g/mol. The Bertz CT molecular complexity index is 2900. The molecule has 5 heterocycles. The number of amidine groups is 2. The minimum atomic E-state index is -0.293. The molecule has 7 aromatic rings. The molecule has 12 rings (SSSR count). The van der Waals surface area contributed by atoms with Gasteiger partial charge in [-0.15, -0.1) is 0 Å². The predicted octanol–water partition coefficient (Wildman–Crippen LogP) is 10.5. The summed E-state index contributed by atoms with van der Waals surface area (Å²) in [7, 11) is 2.28. The van der Waals surface area contributed by atoms with Gasteiger partial charge < -0.3 is 20.4 Å². The Hall–Kier alpha value is -7.22.